The maximum absolute atomic E-state index is 8.74. The van der Waals surface area contributed by atoms with Crippen LogP contribution < -0.4 is 16.0 Å². The monoisotopic (exact) mass is 223 g/mol. The lowest BCUT2D eigenvalue weighted by atomic mass is 10.4. The van der Waals surface area contributed by atoms with Crippen LogP contribution in [-0.4, -0.2) is 41.3 Å². The molecule has 0 aromatic carbocycles. The Balaban J connectivity index is 2.18. The minimum absolute atomic E-state index is 0.0580. The Bertz CT molecular complexity index is 351. The van der Waals surface area contributed by atoms with Crippen molar-refractivity contribution in [3.63, 3.8) is 0 Å². The summed E-state index contributed by atoms with van der Waals surface area (Å²) in [5.41, 5.74) is 6.56. The van der Waals surface area contributed by atoms with Crippen LogP contribution in [0.2, 0.25) is 0 Å². The number of hydrogen-bond acceptors (Lipinski definition) is 6. The van der Waals surface area contributed by atoms with E-state index in [1.807, 2.05) is 0 Å². The first kappa shape index (κ1) is 10.9. The van der Waals surface area contributed by atoms with Crippen LogP contribution in [0.5, 0.6) is 0 Å². The van der Waals surface area contributed by atoms with E-state index in [0.717, 1.165) is 18.9 Å². The maximum Gasteiger partial charge on any atom is 0.157 e. The van der Waals surface area contributed by atoms with Crippen LogP contribution in [0.1, 0.15) is 12.8 Å². The van der Waals surface area contributed by atoms with E-state index in [9.17, 15) is 0 Å². The first-order valence-corrected chi connectivity index (χ1v) is 5.53. The molecule has 1 saturated heterocycles. The lowest BCUT2D eigenvalue weighted by molar-refractivity contribution is 0.311. The number of hydrogen-bond donors (Lipinski definition) is 3. The summed E-state index contributed by atoms with van der Waals surface area (Å²) in [6.45, 7) is 2.50. The van der Waals surface area contributed by atoms with Gasteiger partial charge in [0.25, 0.3) is 0 Å². The first-order valence-electron chi connectivity index (χ1n) is 5.53. The van der Waals surface area contributed by atoms with Crippen LogP contribution in [0.15, 0.2) is 6.33 Å². The van der Waals surface area contributed by atoms with E-state index >= 15 is 0 Å². The third kappa shape index (κ3) is 2.16. The van der Waals surface area contributed by atoms with Gasteiger partial charge in [-0.1, -0.05) is 0 Å². The van der Waals surface area contributed by atoms with E-state index in [-0.39, 0.29) is 6.61 Å². The number of aliphatic hydroxyl groups excluding tert-OH is 1. The highest BCUT2D eigenvalue weighted by atomic mass is 16.3. The van der Waals surface area contributed by atoms with Crippen LogP contribution in [0.3, 0.4) is 0 Å². The Hall–Kier alpha value is -1.56. The van der Waals surface area contributed by atoms with Gasteiger partial charge in [-0.15, -0.1) is 0 Å². The van der Waals surface area contributed by atoms with Gasteiger partial charge in [-0.05, 0) is 12.8 Å². The number of aliphatic hydroxyl groups is 1. The largest absolute Gasteiger partial charge is 0.395 e. The summed E-state index contributed by atoms with van der Waals surface area (Å²) in [4.78, 5) is 10.4. The smallest absolute Gasteiger partial charge is 0.157 e. The van der Waals surface area contributed by atoms with Gasteiger partial charge in [0, 0.05) is 19.6 Å². The van der Waals surface area contributed by atoms with Crippen molar-refractivity contribution in [2.45, 2.75) is 12.8 Å². The minimum atomic E-state index is 0.0580. The summed E-state index contributed by atoms with van der Waals surface area (Å²) in [5.74, 6) is 1.40. The average molecular weight is 223 g/mol. The summed E-state index contributed by atoms with van der Waals surface area (Å²) in [7, 11) is 0. The molecule has 1 aromatic rings. The third-order valence-electron chi connectivity index (χ3n) is 2.67. The van der Waals surface area contributed by atoms with Crippen molar-refractivity contribution >= 4 is 17.3 Å². The topological polar surface area (TPSA) is 87.3 Å². The van der Waals surface area contributed by atoms with Crippen LogP contribution in [0.25, 0.3) is 0 Å². The van der Waals surface area contributed by atoms with Crippen molar-refractivity contribution < 1.29 is 5.11 Å². The lowest BCUT2D eigenvalue weighted by Crippen LogP contribution is -2.21. The molecular formula is C10H17N5O. The number of nitrogens with two attached hydrogens (primary N) is 1. The van der Waals surface area contributed by atoms with Gasteiger partial charge in [-0.25, -0.2) is 9.97 Å². The van der Waals surface area contributed by atoms with Gasteiger partial charge < -0.3 is 21.1 Å². The van der Waals surface area contributed by atoms with Crippen LogP contribution in [0.4, 0.5) is 17.3 Å². The number of nitrogen functional groups attached to an aromatic ring is 1. The molecule has 16 heavy (non-hydrogen) atoms. The molecule has 4 N–H and O–H groups in total. The highest BCUT2D eigenvalue weighted by Gasteiger charge is 2.18. The van der Waals surface area contributed by atoms with E-state index in [1.165, 1.54) is 19.2 Å². The molecule has 2 heterocycles. The van der Waals surface area contributed by atoms with E-state index in [0.29, 0.717) is 18.1 Å². The predicted octanol–water partition coefficient (Wildman–Crippen LogP) is 0.0632. The molecule has 0 spiro atoms. The molecule has 6 nitrogen and oxygen atoms in total. The zero-order chi connectivity index (χ0) is 11.4. The third-order valence-corrected chi connectivity index (χ3v) is 2.67. The number of anilines is 3. The second-order valence-electron chi connectivity index (χ2n) is 3.80. The highest BCUT2D eigenvalue weighted by Crippen LogP contribution is 2.28. The summed E-state index contributed by atoms with van der Waals surface area (Å²) in [5, 5.41) is 11.7. The normalized spacial score (nSPS) is 15.4. The zero-order valence-corrected chi connectivity index (χ0v) is 9.19. The lowest BCUT2D eigenvalue weighted by Gasteiger charge is -2.19. The molecule has 1 aliphatic heterocycles. The van der Waals surface area contributed by atoms with Gasteiger partial charge in [0.1, 0.15) is 12.0 Å². The Morgan fingerprint density at radius 3 is 2.81 bits per heavy atom. The molecule has 2 rings (SSSR count). The molecule has 0 radical (unpaired) electrons. The van der Waals surface area contributed by atoms with Crippen molar-refractivity contribution in [3.8, 4) is 0 Å². The average Bonchev–Trinajstić information content (AvgIpc) is 2.81. The van der Waals surface area contributed by atoms with Crippen LogP contribution in [0, 0.1) is 0 Å². The van der Waals surface area contributed by atoms with Crippen molar-refractivity contribution in [1.29, 1.82) is 0 Å². The van der Waals surface area contributed by atoms with E-state index in [1.54, 1.807) is 0 Å². The second kappa shape index (κ2) is 4.98. The molecule has 1 aliphatic rings. The fourth-order valence-electron chi connectivity index (χ4n) is 1.88. The first-order chi connectivity index (χ1) is 7.83. The van der Waals surface area contributed by atoms with Gasteiger partial charge in [0.15, 0.2) is 11.6 Å². The molecular weight excluding hydrogens is 206 g/mol. The van der Waals surface area contributed by atoms with Crippen LogP contribution in [-0.2, 0) is 0 Å². The fourth-order valence-corrected chi connectivity index (χ4v) is 1.88. The highest BCUT2D eigenvalue weighted by molar-refractivity contribution is 5.75. The minimum Gasteiger partial charge on any atom is -0.395 e. The molecule has 1 aromatic heterocycles. The fraction of sp³-hybridized carbons (Fsp3) is 0.600. The van der Waals surface area contributed by atoms with E-state index in [4.69, 9.17) is 10.8 Å². The van der Waals surface area contributed by atoms with E-state index < -0.39 is 0 Å². The Kier molecular flexibility index (Phi) is 3.40. The number of rotatable bonds is 4. The molecule has 0 saturated carbocycles. The van der Waals surface area contributed by atoms with Gasteiger partial charge in [0.05, 0.1) is 6.61 Å². The number of nitrogens with zero attached hydrogens (tertiary/aromatic N) is 3. The number of aromatic nitrogens is 2. The summed E-state index contributed by atoms with van der Waals surface area (Å²) >= 11 is 0. The quantitative estimate of drug-likeness (QED) is 0.669. The SMILES string of the molecule is Nc1c(NCCO)ncnc1N1CCCC1. The van der Waals surface area contributed by atoms with Gasteiger partial charge in [-0.3, -0.25) is 0 Å². The summed E-state index contributed by atoms with van der Waals surface area (Å²) in [6, 6.07) is 0. The van der Waals surface area contributed by atoms with Crippen molar-refractivity contribution in [3.05, 3.63) is 6.33 Å². The Morgan fingerprint density at radius 2 is 2.12 bits per heavy atom. The van der Waals surface area contributed by atoms with Gasteiger partial charge >= 0.3 is 0 Å². The van der Waals surface area contributed by atoms with Crippen molar-refractivity contribution in [1.82, 2.24) is 9.97 Å². The van der Waals surface area contributed by atoms with Crippen LogP contribution >= 0.6 is 0 Å². The summed E-state index contributed by atoms with van der Waals surface area (Å²) < 4.78 is 0. The summed E-state index contributed by atoms with van der Waals surface area (Å²) in [6.07, 6.45) is 3.87. The molecule has 1 fully saturated rings. The molecule has 88 valence electrons. The predicted molar refractivity (Wildman–Crippen MR) is 63.5 cm³/mol. The standard InChI is InChI=1S/C10H17N5O/c11-8-9(12-3-6-16)13-7-14-10(8)15-4-1-2-5-15/h7,16H,1-6,11H2,(H,12,13,14). The second-order valence-corrected chi connectivity index (χ2v) is 3.80. The maximum atomic E-state index is 8.74. The number of nitrogens with one attached hydrogen (secondary N) is 1. The molecule has 0 atom stereocenters. The van der Waals surface area contributed by atoms with Gasteiger partial charge in [-0.2, -0.15) is 0 Å². The van der Waals surface area contributed by atoms with E-state index in [2.05, 4.69) is 20.2 Å². The Labute approximate surface area is 94.5 Å². The molecule has 6 heteroatoms. The van der Waals surface area contributed by atoms with Gasteiger partial charge in [0.2, 0.25) is 0 Å². The Morgan fingerprint density at radius 1 is 1.38 bits per heavy atom. The van der Waals surface area contributed by atoms with Crippen molar-refractivity contribution in [2.75, 3.05) is 42.2 Å². The molecule has 0 bridgehead atoms. The zero-order valence-electron chi connectivity index (χ0n) is 9.19. The molecule has 0 unspecified atom stereocenters. The van der Waals surface area contributed by atoms with Crippen molar-refractivity contribution in [2.24, 2.45) is 0 Å². The molecule has 0 aliphatic carbocycles. The molecule has 0 amide bonds.